The number of pyridine rings is 2. The largest absolute Gasteiger partial charge is 0.384 e. The Labute approximate surface area is 120 Å². The Morgan fingerprint density at radius 2 is 1.95 bits per heavy atom. The molecule has 100 valence electrons. The van der Waals surface area contributed by atoms with Gasteiger partial charge in [-0.05, 0) is 24.3 Å². The van der Waals surface area contributed by atoms with Crippen LogP contribution in [0.3, 0.4) is 0 Å². The first-order chi connectivity index (χ1) is 9.65. The Morgan fingerprint density at radius 3 is 2.80 bits per heavy atom. The molecule has 5 heteroatoms. The highest BCUT2D eigenvalue weighted by Crippen LogP contribution is 2.18. The number of para-hydroxylation sites is 1. The van der Waals surface area contributed by atoms with E-state index < -0.39 is 0 Å². The van der Waals surface area contributed by atoms with Crippen molar-refractivity contribution in [2.24, 2.45) is 0 Å². The van der Waals surface area contributed by atoms with Crippen molar-refractivity contribution in [1.82, 2.24) is 9.55 Å². The van der Waals surface area contributed by atoms with Crippen molar-refractivity contribution in [3.8, 4) is 0 Å². The number of hydrogen-bond donors (Lipinski definition) is 1. The molecular formula is C15H12ClN3O. The van der Waals surface area contributed by atoms with Crippen LogP contribution in [0, 0.1) is 0 Å². The van der Waals surface area contributed by atoms with Gasteiger partial charge in [0.05, 0.1) is 22.8 Å². The van der Waals surface area contributed by atoms with Crippen LogP contribution in [-0.2, 0) is 6.54 Å². The van der Waals surface area contributed by atoms with E-state index >= 15 is 0 Å². The Balaban J connectivity index is 2.14. The molecule has 0 saturated heterocycles. The van der Waals surface area contributed by atoms with Crippen LogP contribution in [0.5, 0.6) is 0 Å². The van der Waals surface area contributed by atoms with Crippen LogP contribution in [-0.4, -0.2) is 9.55 Å². The molecule has 2 heterocycles. The molecule has 0 amide bonds. The van der Waals surface area contributed by atoms with Crippen molar-refractivity contribution in [2.75, 3.05) is 5.73 Å². The SMILES string of the molecule is Nc1ccc(Cl)c(Cn2ccc(=O)c3ccccc32)n1. The van der Waals surface area contributed by atoms with Crippen molar-refractivity contribution in [2.45, 2.75) is 6.54 Å². The van der Waals surface area contributed by atoms with Gasteiger partial charge in [-0.15, -0.1) is 0 Å². The van der Waals surface area contributed by atoms with Gasteiger partial charge in [-0.3, -0.25) is 4.79 Å². The van der Waals surface area contributed by atoms with Crippen LogP contribution in [0.15, 0.2) is 53.5 Å². The number of nitrogens with two attached hydrogens (primary N) is 1. The van der Waals surface area contributed by atoms with Gasteiger partial charge in [-0.2, -0.15) is 0 Å². The molecule has 20 heavy (non-hydrogen) atoms. The fourth-order valence-corrected chi connectivity index (χ4v) is 2.34. The van der Waals surface area contributed by atoms with Gasteiger partial charge in [0.1, 0.15) is 5.82 Å². The Kier molecular flexibility index (Phi) is 3.16. The summed E-state index contributed by atoms with van der Waals surface area (Å²) in [4.78, 5) is 16.1. The minimum Gasteiger partial charge on any atom is -0.384 e. The molecule has 0 bridgehead atoms. The van der Waals surface area contributed by atoms with E-state index in [-0.39, 0.29) is 5.43 Å². The molecule has 0 saturated carbocycles. The molecule has 0 aliphatic heterocycles. The molecule has 3 aromatic rings. The maximum atomic E-state index is 11.8. The number of halogens is 1. The summed E-state index contributed by atoms with van der Waals surface area (Å²) in [5.74, 6) is 0.426. The molecule has 3 rings (SSSR count). The predicted octanol–water partition coefficient (Wildman–Crippen LogP) is 2.68. The van der Waals surface area contributed by atoms with Gasteiger partial charge < -0.3 is 10.3 Å². The zero-order valence-electron chi connectivity index (χ0n) is 10.6. The van der Waals surface area contributed by atoms with Crippen LogP contribution in [0.2, 0.25) is 5.02 Å². The van der Waals surface area contributed by atoms with Crippen LogP contribution in [0.1, 0.15) is 5.69 Å². The summed E-state index contributed by atoms with van der Waals surface area (Å²) in [5, 5.41) is 1.23. The summed E-state index contributed by atoms with van der Waals surface area (Å²) in [6.07, 6.45) is 1.74. The highest BCUT2D eigenvalue weighted by atomic mass is 35.5. The van der Waals surface area contributed by atoms with Crippen LogP contribution < -0.4 is 11.2 Å². The Bertz CT molecular complexity index is 842. The summed E-state index contributed by atoms with van der Waals surface area (Å²) in [5.41, 5.74) is 7.22. The normalized spacial score (nSPS) is 10.8. The van der Waals surface area contributed by atoms with Crippen molar-refractivity contribution < 1.29 is 0 Å². The van der Waals surface area contributed by atoms with Gasteiger partial charge in [-0.1, -0.05) is 23.7 Å². The zero-order chi connectivity index (χ0) is 14.1. The lowest BCUT2D eigenvalue weighted by Crippen LogP contribution is -2.10. The summed E-state index contributed by atoms with van der Waals surface area (Å²) in [7, 11) is 0. The van der Waals surface area contributed by atoms with Crippen molar-refractivity contribution in [3.05, 3.63) is 69.6 Å². The number of hydrogen-bond acceptors (Lipinski definition) is 3. The maximum absolute atomic E-state index is 11.8. The van der Waals surface area contributed by atoms with Crippen LogP contribution in [0.25, 0.3) is 10.9 Å². The molecule has 4 nitrogen and oxygen atoms in total. The van der Waals surface area contributed by atoms with E-state index in [9.17, 15) is 4.79 Å². The van der Waals surface area contributed by atoms with Crippen LogP contribution >= 0.6 is 11.6 Å². The highest BCUT2D eigenvalue weighted by molar-refractivity contribution is 6.31. The first-order valence-corrected chi connectivity index (χ1v) is 6.52. The predicted molar refractivity (Wildman–Crippen MR) is 81.0 cm³/mol. The highest BCUT2D eigenvalue weighted by Gasteiger charge is 2.07. The van der Waals surface area contributed by atoms with Crippen LogP contribution in [0.4, 0.5) is 5.82 Å². The Morgan fingerprint density at radius 1 is 1.15 bits per heavy atom. The number of fused-ring (bicyclic) bond motifs is 1. The molecule has 0 atom stereocenters. The first-order valence-electron chi connectivity index (χ1n) is 6.14. The van der Waals surface area contributed by atoms with Gasteiger partial charge >= 0.3 is 0 Å². The van der Waals surface area contributed by atoms with Crippen molar-refractivity contribution in [1.29, 1.82) is 0 Å². The first kappa shape index (κ1) is 12.7. The smallest absolute Gasteiger partial charge is 0.189 e. The second-order valence-electron chi connectivity index (χ2n) is 4.49. The van der Waals surface area contributed by atoms with Gasteiger partial charge in [0.25, 0.3) is 0 Å². The molecule has 0 radical (unpaired) electrons. The number of nitrogens with zero attached hydrogens (tertiary/aromatic N) is 2. The van der Waals surface area contributed by atoms with E-state index in [1.165, 1.54) is 0 Å². The van der Waals surface area contributed by atoms with Crippen molar-refractivity contribution >= 4 is 28.3 Å². The van der Waals surface area contributed by atoms with E-state index in [1.807, 2.05) is 28.8 Å². The number of aromatic nitrogens is 2. The zero-order valence-corrected chi connectivity index (χ0v) is 11.3. The third-order valence-corrected chi connectivity index (χ3v) is 3.49. The topological polar surface area (TPSA) is 60.9 Å². The average molecular weight is 286 g/mol. The minimum absolute atomic E-state index is 0.00322. The molecule has 1 aromatic carbocycles. The van der Waals surface area contributed by atoms with E-state index in [2.05, 4.69) is 4.98 Å². The third kappa shape index (κ3) is 2.26. The summed E-state index contributed by atoms with van der Waals surface area (Å²) < 4.78 is 1.93. The quantitative estimate of drug-likeness (QED) is 0.787. The molecule has 2 N–H and O–H groups in total. The third-order valence-electron chi connectivity index (χ3n) is 3.15. The number of rotatable bonds is 2. The lowest BCUT2D eigenvalue weighted by molar-refractivity contribution is 0.800. The van der Waals surface area contributed by atoms with E-state index in [0.29, 0.717) is 28.5 Å². The molecule has 0 unspecified atom stereocenters. The Hall–Kier alpha value is -2.33. The summed E-state index contributed by atoms with van der Waals surface area (Å²) >= 11 is 6.14. The van der Waals surface area contributed by atoms with Crippen molar-refractivity contribution in [3.63, 3.8) is 0 Å². The monoisotopic (exact) mass is 285 g/mol. The lowest BCUT2D eigenvalue weighted by Gasteiger charge is -2.11. The molecule has 2 aromatic heterocycles. The molecular weight excluding hydrogens is 274 g/mol. The second kappa shape index (κ2) is 4.98. The molecule has 0 fully saturated rings. The number of anilines is 1. The number of benzene rings is 1. The van der Waals surface area contributed by atoms with Gasteiger partial charge in [0.15, 0.2) is 5.43 Å². The number of nitrogen functional groups attached to an aromatic ring is 1. The molecule has 0 aliphatic rings. The summed E-state index contributed by atoms with van der Waals surface area (Å²) in [6, 6.07) is 12.4. The average Bonchev–Trinajstić information content (AvgIpc) is 2.46. The standard InChI is InChI=1S/C15H12ClN3O/c16-11-5-6-15(17)18-12(11)9-19-8-7-14(20)10-3-1-2-4-13(10)19/h1-8H,9H2,(H2,17,18). The fourth-order valence-electron chi connectivity index (χ4n) is 2.17. The minimum atomic E-state index is 0.00322. The van der Waals surface area contributed by atoms with Gasteiger partial charge in [0, 0.05) is 17.6 Å². The van der Waals surface area contributed by atoms with E-state index in [0.717, 1.165) is 5.52 Å². The van der Waals surface area contributed by atoms with Gasteiger partial charge in [-0.25, -0.2) is 4.98 Å². The fraction of sp³-hybridized carbons (Fsp3) is 0.0667. The molecule has 0 aliphatic carbocycles. The molecule has 0 spiro atoms. The van der Waals surface area contributed by atoms with Gasteiger partial charge in [0.2, 0.25) is 0 Å². The second-order valence-corrected chi connectivity index (χ2v) is 4.90. The maximum Gasteiger partial charge on any atom is 0.189 e. The summed E-state index contributed by atoms with van der Waals surface area (Å²) in [6.45, 7) is 0.463. The van der Waals surface area contributed by atoms with E-state index in [1.54, 1.807) is 24.4 Å². The lowest BCUT2D eigenvalue weighted by atomic mass is 10.2. The van der Waals surface area contributed by atoms with E-state index in [4.69, 9.17) is 17.3 Å².